The topological polar surface area (TPSA) is 14.1 Å². The molecule has 1 radical (unpaired) electrons. The summed E-state index contributed by atoms with van der Waals surface area (Å²) in [6, 6.07) is 10.4. The third kappa shape index (κ3) is 1.90. The maximum atomic E-state index is 4.26. The lowest BCUT2D eigenvalue weighted by molar-refractivity contribution is 0.895. The lowest BCUT2D eigenvalue weighted by atomic mass is 10.2. The van der Waals surface area contributed by atoms with Gasteiger partial charge < -0.3 is 0 Å². The van der Waals surface area contributed by atoms with E-state index < -0.39 is 0 Å². The summed E-state index contributed by atoms with van der Waals surface area (Å²) < 4.78 is 0. The molecule has 0 aliphatic carbocycles. The summed E-state index contributed by atoms with van der Waals surface area (Å²) in [5.41, 5.74) is 1.28. The molecule has 2 rings (SSSR count). The van der Waals surface area contributed by atoms with Gasteiger partial charge in [0.05, 0.1) is 5.88 Å². The first-order chi connectivity index (χ1) is 5.95. The molecule has 1 nitrogen and oxygen atoms in total. The zero-order valence-electron chi connectivity index (χ0n) is 6.73. The van der Waals surface area contributed by atoms with E-state index in [2.05, 4.69) is 35.7 Å². The molecule has 61 valence electrons. The van der Waals surface area contributed by atoms with E-state index in [0.29, 0.717) is 0 Å². The van der Waals surface area contributed by atoms with Crippen molar-refractivity contribution in [1.29, 1.82) is 0 Å². The van der Waals surface area contributed by atoms with E-state index in [1.807, 2.05) is 17.8 Å². The standard InChI is InChI=1S/C10H10NS/c1-2-4-9(5-3-1)6-10-7-11-8-12-10/h1-6H,7-8H2/b10-6+. The highest BCUT2D eigenvalue weighted by atomic mass is 32.2. The second kappa shape index (κ2) is 3.78. The number of benzene rings is 1. The fraction of sp³-hybridized carbons (Fsp3) is 0.200. The lowest BCUT2D eigenvalue weighted by Crippen LogP contribution is -1.93. The second-order valence-electron chi connectivity index (χ2n) is 2.68. The summed E-state index contributed by atoms with van der Waals surface area (Å²) >= 11 is 1.83. The van der Waals surface area contributed by atoms with Crippen LogP contribution >= 0.6 is 11.8 Å². The molecule has 0 N–H and O–H groups in total. The fourth-order valence-electron chi connectivity index (χ4n) is 1.15. The average molecular weight is 176 g/mol. The van der Waals surface area contributed by atoms with Crippen molar-refractivity contribution in [2.45, 2.75) is 0 Å². The smallest absolute Gasteiger partial charge is 0.0638 e. The van der Waals surface area contributed by atoms with Crippen LogP contribution in [-0.4, -0.2) is 12.4 Å². The molecule has 1 aromatic carbocycles. The average Bonchev–Trinajstić information content (AvgIpc) is 2.59. The van der Waals surface area contributed by atoms with Gasteiger partial charge >= 0.3 is 0 Å². The predicted molar refractivity (Wildman–Crippen MR) is 53.9 cm³/mol. The van der Waals surface area contributed by atoms with Crippen molar-refractivity contribution >= 4 is 17.8 Å². The minimum atomic E-state index is 0.902. The van der Waals surface area contributed by atoms with Crippen LogP contribution in [0.1, 0.15) is 5.56 Å². The Balaban J connectivity index is 2.16. The van der Waals surface area contributed by atoms with Crippen molar-refractivity contribution in [3.05, 3.63) is 40.8 Å². The van der Waals surface area contributed by atoms with Crippen LogP contribution in [0.2, 0.25) is 0 Å². The molecule has 0 spiro atoms. The van der Waals surface area contributed by atoms with Crippen LogP contribution in [0, 0.1) is 0 Å². The molecule has 1 heterocycles. The van der Waals surface area contributed by atoms with Crippen molar-refractivity contribution in [3.63, 3.8) is 0 Å². The zero-order chi connectivity index (χ0) is 8.23. The molecule has 1 fully saturated rings. The molecule has 1 aromatic rings. The van der Waals surface area contributed by atoms with Crippen LogP contribution in [0.5, 0.6) is 0 Å². The van der Waals surface area contributed by atoms with E-state index in [0.717, 1.165) is 12.4 Å². The second-order valence-corrected chi connectivity index (χ2v) is 3.75. The highest BCUT2D eigenvalue weighted by Crippen LogP contribution is 2.22. The molecule has 0 aromatic heterocycles. The number of thioether (sulfide) groups is 1. The molecule has 1 saturated heterocycles. The van der Waals surface area contributed by atoms with Crippen molar-refractivity contribution in [3.8, 4) is 0 Å². The summed E-state index contributed by atoms with van der Waals surface area (Å²) in [5, 5.41) is 4.26. The van der Waals surface area contributed by atoms with Gasteiger partial charge in [-0.25, -0.2) is 5.32 Å². The van der Waals surface area contributed by atoms with E-state index in [1.54, 1.807) is 0 Å². The molecule has 2 heteroatoms. The van der Waals surface area contributed by atoms with Crippen molar-refractivity contribution in [2.75, 3.05) is 12.4 Å². The summed E-state index contributed by atoms with van der Waals surface area (Å²) in [5.74, 6) is 0.929. The minimum absolute atomic E-state index is 0.902. The quantitative estimate of drug-likeness (QED) is 0.640. The SMILES string of the molecule is C(=C1/C[N]CS1)/c1ccccc1. The Labute approximate surface area is 76.9 Å². The molecule has 1 aliphatic heterocycles. The van der Waals surface area contributed by atoms with Crippen molar-refractivity contribution in [1.82, 2.24) is 5.32 Å². The van der Waals surface area contributed by atoms with Gasteiger partial charge in [0.15, 0.2) is 0 Å². The molecule has 0 unspecified atom stereocenters. The Morgan fingerprint density at radius 2 is 2.08 bits per heavy atom. The highest BCUT2D eigenvalue weighted by Gasteiger charge is 2.06. The van der Waals surface area contributed by atoms with E-state index >= 15 is 0 Å². The molecule has 1 aliphatic rings. The van der Waals surface area contributed by atoms with Gasteiger partial charge in [-0.1, -0.05) is 30.3 Å². The summed E-state index contributed by atoms with van der Waals surface area (Å²) in [4.78, 5) is 1.38. The van der Waals surface area contributed by atoms with Gasteiger partial charge in [-0.05, 0) is 11.6 Å². The van der Waals surface area contributed by atoms with Gasteiger partial charge in [-0.15, -0.1) is 11.8 Å². The Hall–Kier alpha value is -0.730. The first-order valence-electron chi connectivity index (χ1n) is 3.97. The molecule has 0 bridgehead atoms. The van der Waals surface area contributed by atoms with Crippen molar-refractivity contribution in [2.24, 2.45) is 0 Å². The maximum absolute atomic E-state index is 4.26. The van der Waals surface area contributed by atoms with Crippen LogP contribution in [0.3, 0.4) is 0 Å². The summed E-state index contributed by atoms with van der Waals surface area (Å²) in [6.07, 6.45) is 2.21. The largest absolute Gasteiger partial charge is 0.225 e. The summed E-state index contributed by atoms with van der Waals surface area (Å²) in [6.45, 7) is 0.902. The van der Waals surface area contributed by atoms with Gasteiger partial charge in [-0.3, -0.25) is 0 Å². The van der Waals surface area contributed by atoms with Crippen LogP contribution in [0.25, 0.3) is 6.08 Å². The molecule has 0 amide bonds. The first kappa shape index (κ1) is 7.90. The van der Waals surface area contributed by atoms with Crippen LogP contribution in [0.15, 0.2) is 35.2 Å². The van der Waals surface area contributed by atoms with Crippen LogP contribution < -0.4 is 5.32 Å². The number of nitrogens with zero attached hydrogens (tertiary/aromatic N) is 1. The maximum Gasteiger partial charge on any atom is 0.0638 e. The molecular weight excluding hydrogens is 166 g/mol. The van der Waals surface area contributed by atoms with Crippen LogP contribution in [-0.2, 0) is 0 Å². The normalized spacial score (nSPS) is 20.2. The summed E-state index contributed by atoms with van der Waals surface area (Å²) in [7, 11) is 0. The monoisotopic (exact) mass is 176 g/mol. The minimum Gasteiger partial charge on any atom is -0.225 e. The lowest BCUT2D eigenvalue weighted by Gasteiger charge is -1.94. The van der Waals surface area contributed by atoms with Gasteiger partial charge in [0.1, 0.15) is 0 Å². The Morgan fingerprint density at radius 3 is 2.75 bits per heavy atom. The predicted octanol–water partition coefficient (Wildman–Crippen LogP) is 2.34. The van der Waals surface area contributed by atoms with E-state index in [1.165, 1.54) is 10.5 Å². The van der Waals surface area contributed by atoms with Gasteiger partial charge in [0, 0.05) is 11.4 Å². The van der Waals surface area contributed by atoms with Crippen LogP contribution in [0.4, 0.5) is 0 Å². The van der Waals surface area contributed by atoms with E-state index in [4.69, 9.17) is 0 Å². The molecule has 0 saturated carbocycles. The highest BCUT2D eigenvalue weighted by molar-refractivity contribution is 8.03. The van der Waals surface area contributed by atoms with Gasteiger partial charge in [0.25, 0.3) is 0 Å². The fourth-order valence-corrected chi connectivity index (χ4v) is 1.90. The van der Waals surface area contributed by atoms with Gasteiger partial charge in [0.2, 0.25) is 0 Å². The third-order valence-electron chi connectivity index (χ3n) is 1.74. The zero-order valence-corrected chi connectivity index (χ0v) is 7.55. The van der Waals surface area contributed by atoms with Crippen molar-refractivity contribution < 1.29 is 0 Å². The number of hydrogen-bond donors (Lipinski definition) is 0. The molecular formula is C10H10NS. The number of rotatable bonds is 1. The Bertz CT molecular complexity index is 271. The number of hydrogen-bond acceptors (Lipinski definition) is 1. The van der Waals surface area contributed by atoms with Gasteiger partial charge in [-0.2, -0.15) is 0 Å². The Morgan fingerprint density at radius 1 is 1.25 bits per heavy atom. The molecule has 12 heavy (non-hydrogen) atoms. The first-order valence-corrected chi connectivity index (χ1v) is 4.95. The Kier molecular flexibility index (Phi) is 2.49. The third-order valence-corrected chi connectivity index (χ3v) is 2.67. The van der Waals surface area contributed by atoms with E-state index in [9.17, 15) is 0 Å². The van der Waals surface area contributed by atoms with E-state index in [-0.39, 0.29) is 0 Å². The molecule has 0 atom stereocenters.